The molecule has 98 valence electrons. The van der Waals surface area contributed by atoms with Crippen LogP contribution in [0.2, 0.25) is 5.02 Å². The zero-order valence-electron chi connectivity index (χ0n) is 9.68. The molecule has 0 atom stereocenters. The van der Waals surface area contributed by atoms with Gasteiger partial charge in [-0.15, -0.1) is 0 Å². The van der Waals surface area contributed by atoms with Gasteiger partial charge in [-0.1, -0.05) is 44.4 Å². The highest BCUT2D eigenvalue weighted by molar-refractivity contribution is 9.10. The maximum absolute atomic E-state index is 8.83. The number of hydrogen-bond donors (Lipinski definition) is 2. The van der Waals surface area contributed by atoms with Crippen molar-refractivity contribution in [3.05, 3.63) is 57.5 Å². The molecule has 0 radical (unpaired) electrons. The Hall–Kier alpha value is -1.17. The molecule has 0 amide bonds. The minimum absolute atomic E-state index is 0.0813. The van der Waals surface area contributed by atoms with Gasteiger partial charge in [0.15, 0.2) is 5.84 Å². The van der Waals surface area contributed by atoms with E-state index in [9.17, 15) is 0 Å². The number of oxime groups is 1. The molecule has 19 heavy (non-hydrogen) atoms. The maximum Gasteiger partial charge on any atom is 0.171 e. The lowest BCUT2D eigenvalue weighted by Crippen LogP contribution is -2.14. The Morgan fingerprint density at radius 1 is 1.21 bits per heavy atom. The molecular weight excluding hydrogens is 348 g/mol. The lowest BCUT2D eigenvalue weighted by molar-refractivity contribution is 0.318. The topological polar surface area (TPSA) is 58.6 Å². The van der Waals surface area contributed by atoms with E-state index >= 15 is 0 Å². The third kappa shape index (κ3) is 3.65. The van der Waals surface area contributed by atoms with Crippen molar-refractivity contribution in [2.24, 2.45) is 10.9 Å². The third-order valence-electron chi connectivity index (χ3n) is 2.37. The van der Waals surface area contributed by atoms with Crippen LogP contribution in [0.1, 0.15) is 5.56 Å². The van der Waals surface area contributed by atoms with Crippen LogP contribution in [0.5, 0.6) is 0 Å². The van der Waals surface area contributed by atoms with Crippen molar-refractivity contribution >= 4 is 45.1 Å². The Balaban J connectivity index is 2.37. The summed E-state index contributed by atoms with van der Waals surface area (Å²) in [6, 6.07) is 13.1. The zero-order valence-corrected chi connectivity index (χ0v) is 12.8. The summed E-state index contributed by atoms with van der Waals surface area (Å²) in [6.45, 7) is 0. The second-order valence-corrected chi connectivity index (χ2v) is 6.15. The van der Waals surface area contributed by atoms with E-state index in [0.717, 1.165) is 14.3 Å². The molecule has 0 heterocycles. The lowest BCUT2D eigenvalue weighted by Gasteiger charge is -2.08. The number of rotatable bonds is 3. The van der Waals surface area contributed by atoms with Gasteiger partial charge in [0.1, 0.15) is 0 Å². The molecule has 2 rings (SSSR count). The number of nitrogens with zero attached hydrogens (tertiary/aromatic N) is 1. The quantitative estimate of drug-likeness (QED) is 0.371. The van der Waals surface area contributed by atoms with E-state index in [2.05, 4.69) is 21.1 Å². The first-order valence-electron chi connectivity index (χ1n) is 5.31. The Labute approximate surface area is 128 Å². The van der Waals surface area contributed by atoms with Gasteiger partial charge in [-0.3, -0.25) is 0 Å². The van der Waals surface area contributed by atoms with Gasteiger partial charge in [-0.2, -0.15) is 0 Å². The summed E-state index contributed by atoms with van der Waals surface area (Å²) in [5.74, 6) is 0.0813. The number of benzene rings is 2. The Morgan fingerprint density at radius 3 is 2.53 bits per heavy atom. The lowest BCUT2D eigenvalue weighted by atomic mass is 10.2. The summed E-state index contributed by atoms with van der Waals surface area (Å²) in [5.41, 5.74) is 6.36. The molecule has 0 unspecified atom stereocenters. The molecule has 0 bridgehead atoms. The van der Waals surface area contributed by atoms with Crippen LogP contribution in [0.4, 0.5) is 0 Å². The van der Waals surface area contributed by atoms with Gasteiger partial charge in [0.05, 0.1) is 0 Å². The van der Waals surface area contributed by atoms with Crippen LogP contribution in [0, 0.1) is 0 Å². The minimum atomic E-state index is 0.0813. The zero-order chi connectivity index (χ0) is 13.8. The largest absolute Gasteiger partial charge is 0.409 e. The van der Waals surface area contributed by atoms with E-state index in [4.69, 9.17) is 22.5 Å². The van der Waals surface area contributed by atoms with Gasteiger partial charge >= 0.3 is 0 Å². The smallest absolute Gasteiger partial charge is 0.171 e. The van der Waals surface area contributed by atoms with E-state index in [1.54, 1.807) is 0 Å². The summed E-state index contributed by atoms with van der Waals surface area (Å²) in [7, 11) is 0. The predicted octanol–water partition coefficient (Wildman–Crippen LogP) is 4.35. The molecular formula is C13H10BrClN2OS. The molecule has 3 N–H and O–H groups in total. The van der Waals surface area contributed by atoms with Crippen LogP contribution in [-0.4, -0.2) is 11.0 Å². The van der Waals surface area contributed by atoms with Crippen molar-refractivity contribution in [2.75, 3.05) is 0 Å². The minimum Gasteiger partial charge on any atom is -0.409 e. The molecule has 2 aromatic rings. The van der Waals surface area contributed by atoms with Gasteiger partial charge in [0, 0.05) is 24.8 Å². The monoisotopic (exact) mass is 356 g/mol. The van der Waals surface area contributed by atoms with E-state index in [1.165, 1.54) is 11.8 Å². The fourth-order valence-corrected chi connectivity index (χ4v) is 2.90. The molecule has 6 heteroatoms. The average Bonchev–Trinajstić information content (AvgIpc) is 2.42. The van der Waals surface area contributed by atoms with E-state index in [-0.39, 0.29) is 5.84 Å². The van der Waals surface area contributed by atoms with E-state index < -0.39 is 0 Å². The SMILES string of the molecule is N/C(=N/O)c1cc(Br)ccc1Sc1ccc(Cl)cc1. The van der Waals surface area contributed by atoms with Crippen LogP contribution >= 0.6 is 39.3 Å². The predicted molar refractivity (Wildman–Crippen MR) is 82.2 cm³/mol. The Morgan fingerprint density at radius 2 is 1.89 bits per heavy atom. The van der Waals surface area contributed by atoms with Crippen molar-refractivity contribution in [3.63, 3.8) is 0 Å². The Kier molecular flexibility index (Phi) is 4.74. The van der Waals surface area contributed by atoms with Gasteiger partial charge in [-0.05, 0) is 42.5 Å². The highest BCUT2D eigenvalue weighted by Crippen LogP contribution is 2.32. The van der Waals surface area contributed by atoms with Crippen LogP contribution in [0.15, 0.2) is 61.9 Å². The summed E-state index contributed by atoms with van der Waals surface area (Å²) in [5, 5.41) is 12.6. The molecule has 0 fully saturated rings. The number of halogens is 2. The van der Waals surface area contributed by atoms with Gasteiger partial charge in [-0.25, -0.2) is 0 Å². The molecule has 0 aliphatic rings. The molecule has 0 saturated heterocycles. The van der Waals surface area contributed by atoms with Crippen LogP contribution in [-0.2, 0) is 0 Å². The summed E-state index contributed by atoms with van der Waals surface area (Å²) < 4.78 is 0.870. The van der Waals surface area contributed by atoms with Crippen LogP contribution < -0.4 is 5.73 Å². The van der Waals surface area contributed by atoms with Crippen molar-refractivity contribution < 1.29 is 5.21 Å². The first-order valence-corrected chi connectivity index (χ1v) is 7.30. The molecule has 0 spiro atoms. The van der Waals surface area contributed by atoms with Gasteiger partial charge < -0.3 is 10.9 Å². The maximum atomic E-state index is 8.83. The molecule has 3 nitrogen and oxygen atoms in total. The normalized spacial score (nSPS) is 11.6. The van der Waals surface area contributed by atoms with Crippen molar-refractivity contribution in [2.45, 2.75) is 9.79 Å². The van der Waals surface area contributed by atoms with Crippen molar-refractivity contribution in [1.29, 1.82) is 0 Å². The molecule has 0 aromatic heterocycles. The first-order chi connectivity index (χ1) is 9.10. The molecule has 0 aliphatic heterocycles. The standard InChI is InChI=1S/C13H10BrClN2OS/c14-8-1-6-12(11(7-8)13(16)17-18)19-10-4-2-9(15)3-5-10/h1-7,18H,(H2,16,17). The second kappa shape index (κ2) is 6.32. The van der Waals surface area contributed by atoms with Crippen LogP contribution in [0.25, 0.3) is 0 Å². The van der Waals surface area contributed by atoms with E-state index in [0.29, 0.717) is 10.6 Å². The number of nitrogens with two attached hydrogens (primary N) is 1. The third-order valence-corrected chi connectivity index (χ3v) is 4.20. The summed E-state index contributed by atoms with van der Waals surface area (Å²) in [6.07, 6.45) is 0. The van der Waals surface area contributed by atoms with E-state index in [1.807, 2.05) is 42.5 Å². The molecule has 0 saturated carbocycles. The van der Waals surface area contributed by atoms with Crippen LogP contribution in [0.3, 0.4) is 0 Å². The van der Waals surface area contributed by atoms with Crippen molar-refractivity contribution in [1.82, 2.24) is 0 Å². The highest BCUT2D eigenvalue weighted by Gasteiger charge is 2.09. The van der Waals surface area contributed by atoms with Crippen molar-refractivity contribution in [3.8, 4) is 0 Å². The molecule has 2 aromatic carbocycles. The second-order valence-electron chi connectivity index (χ2n) is 3.68. The number of hydrogen-bond acceptors (Lipinski definition) is 3. The average molecular weight is 358 g/mol. The fraction of sp³-hybridized carbons (Fsp3) is 0. The summed E-state index contributed by atoms with van der Waals surface area (Å²) in [4.78, 5) is 1.93. The summed E-state index contributed by atoms with van der Waals surface area (Å²) >= 11 is 10.7. The van der Waals surface area contributed by atoms with Gasteiger partial charge in [0.25, 0.3) is 0 Å². The first kappa shape index (κ1) is 14.2. The highest BCUT2D eigenvalue weighted by atomic mass is 79.9. The molecule has 0 aliphatic carbocycles. The number of amidine groups is 1. The fourth-order valence-electron chi connectivity index (χ4n) is 1.47. The Bertz CT molecular complexity index is 617. The van der Waals surface area contributed by atoms with Gasteiger partial charge in [0.2, 0.25) is 0 Å².